The Balaban J connectivity index is 1.58. The van der Waals surface area contributed by atoms with Gasteiger partial charge in [0.1, 0.15) is 5.52 Å². The molecule has 0 fully saturated rings. The van der Waals surface area contributed by atoms with E-state index >= 15 is 0 Å². The molecule has 0 aliphatic rings. The van der Waals surface area contributed by atoms with Crippen LogP contribution in [0, 0.1) is 6.92 Å². The number of nitrogens with one attached hydrogen (secondary N) is 1. The number of fused-ring (bicyclic) bond motifs is 1. The van der Waals surface area contributed by atoms with Crippen molar-refractivity contribution in [3.05, 3.63) is 45.4 Å². The average Bonchev–Trinajstić information content (AvgIpc) is 3.09. The standard InChI is InChI=1S/C16H13ClN2O3S/c1-9-18-11-8-10(2-4-13(11)22-9)19-16(21)7-3-12(20)14-5-6-15(17)23-14/h2,4-6,8H,3,7H2,1H3,(H,19,21). The van der Waals surface area contributed by atoms with Crippen molar-refractivity contribution in [1.82, 2.24) is 4.98 Å². The first-order valence-electron chi connectivity index (χ1n) is 6.97. The number of ketones is 1. The minimum atomic E-state index is -0.222. The van der Waals surface area contributed by atoms with Gasteiger partial charge in [0.2, 0.25) is 5.91 Å². The zero-order valence-corrected chi connectivity index (χ0v) is 13.8. The van der Waals surface area contributed by atoms with Crippen molar-refractivity contribution < 1.29 is 14.0 Å². The lowest BCUT2D eigenvalue weighted by atomic mass is 10.2. The van der Waals surface area contributed by atoms with E-state index in [1.54, 1.807) is 37.3 Å². The molecular weight excluding hydrogens is 336 g/mol. The minimum absolute atomic E-state index is 0.0837. The molecule has 0 aliphatic carbocycles. The van der Waals surface area contributed by atoms with E-state index < -0.39 is 0 Å². The average molecular weight is 349 g/mol. The Bertz CT molecular complexity index is 884. The number of aromatic nitrogens is 1. The second-order valence-corrected chi connectivity index (χ2v) is 6.71. The van der Waals surface area contributed by atoms with E-state index in [0.29, 0.717) is 31.9 Å². The summed E-state index contributed by atoms with van der Waals surface area (Å²) < 4.78 is 5.94. The second-order valence-electron chi connectivity index (χ2n) is 4.99. The summed E-state index contributed by atoms with van der Waals surface area (Å²) in [6, 6.07) is 8.59. The van der Waals surface area contributed by atoms with Crippen molar-refractivity contribution in [1.29, 1.82) is 0 Å². The number of aryl methyl sites for hydroxylation is 1. The monoisotopic (exact) mass is 348 g/mol. The summed E-state index contributed by atoms with van der Waals surface area (Å²) in [5, 5.41) is 2.76. The molecule has 0 spiro atoms. The molecule has 2 aromatic heterocycles. The normalized spacial score (nSPS) is 10.9. The van der Waals surface area contributed by atoms with Gasteiger partial charge < -0.3 is 9.73 Å². The highest BCUT2D eigenvalue weighted by molar-refractivity contribution is 7.18. The lowest BCUT2D eigenvalue weighted by Crippen LogP contribution is -2.13. The molecule has 1 amide bonds. The van der Waals surface area contributed by atoms with E-state index in [0.717, 1.165) is 0 Å². The zero-order valence-electron chi connectivity index (χ0n) is 12.3. The van der Waals surface area contributed by atoms with Crippen LogP contribution in [0.15, 0.2) is 34.7 Å². The largest absolute Gasteiger partial charge is 0.441 e. The SMILES string of the molecule is Cc1nc2cc(NC(=O)CCC(=O)c3ccc(Cl)s3)ccc2o1. The van der Waals surface area contributed by atoms with Gasteiger partial charge in [-0.2, -0.15) is 0 Å². The van der Waals surface area contributed by atoms with Gasteiger partial charge in [-0.05, 0) is 30.3 Å². The van der Waals surface area contributed by atoms with E-state index in [4.69, 9.17) is 16.0 Å². The molecule has 3 aromatic rings. The predicted octanol–water partition coefficient (Wildman–Crippen LogP) is 4.45. The molecule has 0 saturated heterocycles. The van der Waals surface area contributed by atoms with Gasteiger partial charge in [0.05, 0.1) is 9.21 Å². The maximum atomic E-state index is 12.0. The third kappa shape index (κ3) is 3.78. The highest BCUT2D eigenvalue weighted by Crippen LogP contribution is 2.23. The third-order valence-electron chi connectivity index (χ3n) is 3.21. The molecule has 118 valence electrons. The smallest absolute Gasteiger partial charge is 0.224 e. The van der Waals surface area contributed by atoms with Crippen LogP contribution in [0.2, 0.25) is 4.34 Å². The summed E-state index contributed by atoms with van der Waals surface area (Å²) >= 11 is 7.02. The van der Waals surface area contributed by atoms with Crippen LogP contribution in [0.4, 0.5) is 5.69 Å². The number of hydrogen-bond donors (Lipinski definition) is 1. The number of amides is 1. The van der Waals surface area contributed by atoms with Gasteiger partial charge in [-0.1, -0.05) is 11.6 Å². The van der Waals surface area contributed by atoms with Crippen molar-refractivity contribution >= 4 is 51.4 Å². The second kappa shape index (κ2) is 6.52. The van der Waals surface area contributed by atoms with Gasteiger partial charge in [0.25, 0.3) is 0 Å². The lowest BCUT2D eigenvalue weighted by molar-refractivity contribution is -0.116. The molecule has 0 saturated carbocycles. The number of hydrogen-bond acceptors (Lipinski definition) is 5. The van der Waals surface area contributed by atoms with Gasteiger partial charge in [-0.15, -0.1) is 11.3 Å². The first-order valence-corrected chi connectivity index (χ1v) is 8.16. The zero-order chi connectivity index (χ0) is 16.4. The van der Waals surface area contributed by atoms with Crippen molar-refractivity contribution in [3.63, 3.8) is 0 Å². The highest BCUT2D eigenvalue weighted by Gasteiger charge is 2.12. The van der Waals surface area contributed by atoms with Crippen molar-refractivity contribution in [2.75, 3.05) is 5.32 Å². The number of carbonyl (C=O) groups is 2. The molecular formula is C16H13ClN2O3S. The van der Waals surface area contributed by atoms with Gasteiger partial charge in [-0.25, -0.2) is 4.98 Å². The number of Topliss-reactive ketones (excluding diaryl/α,β-unsaturated/α-hetero) is 1. The fraction of sp³-hybridized carbons (Fsp3) is 0.188. The molecule has 0 radical (unpaired) electrons. The fourth-order valence-corrected chi connectivity index (χ4v) is 3.17. The maximum Gasteiger partial charge on any atom is 0.224 e. The van der Waals surface area contributed by atoms with Crippen molar-refractivity contribution in [2.24, 2.45) is 0 Å². The Morgan fingerprint density at radius 3 is 2.83 bits per heavy atom. The summed E-state index contributed by atoms with van der Waals surface area (Å²) in [7, 11) is 0. The van der Waals surface area contributed by atoms with E-state index in [9.17, 15) is 9.59 Å². The van der Waals surface area contributed by atoms with Gasteiger partial charge >= 0.3 is 0 Å². The molecule has 1 N–H and O–H groups in total. The molecule has 0 bridgehead atoms. The Kier molecular flexibility index (Phi) is 4.45. The minimum Gasteiger partial charge on any atom is -0.441 e. The van der Waals surface area contributed by atoms with E-state index in [1.165, 1.54) is 11.3 Å². The Hall–Kier alpha value is -2.18. The van der Waals surface area contributed by atoms with Crippen LogP contribution in [-0.4, -0.2) is 16.7 Å². The Morgan fingerprint density at radius 1 is 1.26 bits per heavy atom. The van der Waals surface area contributed by atoms with Crippen LogP contribution in [-0.2, 0) is 4.79 Å². The number of carbonyl (C=O) groups excluding carboxylic acids is 2. The van der Waals surface area contributed by atoms with Gasteiger partial charge in [0, 0.05) is 25.5 Å². The number of halogens is 1. The summed E-state index contributed by atoms with van der Waals surface area (Å²) in [5.74, 6) is 0.267. The van der Waals surface area contributed by atoms with Gasteiger partial charge in [0.15, 0.2) is 17.3 Å². The first kappa shape index (κ1) is 15.7. The predicted molar refractivity (Wildman–Crippen MR) is 90.3 cm³/mol. The molecule has 2 heterocycles. The van der Waals surface area contributed by atoms with Crippen LogP contribution in [0.25, 0.3) is 11.1 Å². The summed E-state index contributed by atoms with van der Waals surface area (Å²) in [5.41, 5.74) is 1.98. The molecule has 23 heavy (non-hydrogen) atoms. The van der Waals surface area contributed by atoms with Crippen molar-refractivity contribution in [3.8, 4) is 0 Å². The topological polar surface area (TPSA) is 72.2 Å². The molecule has 7 heteroatoms. The number of thiophene rings is 1. The number of oxazole rings is 1. The van der Waals surface area contributed by atoms with Crippen LogP contribution < -0.4 is 5.32 Å². The van der Waals surface area contributed by atoms with Gasteiger partial charge in [-0.3, -0.25) is 9.59 Å². The molecule has 3 rings (SSSR count). The van der Waals surface area contributed by atoms with E-state index in [2.05, 4.69) is 10.3 Å². The fourth-order valence-electron chi connectivity index (χ4n) is 2.16. The summed E-state index contributed by atoms with van der Waals surface area (Å²) in [4.78, 5) is 28.7. The molecule has 0 aliphatic heterocycles. The quantitative estimate of drug-likeness (QED) is 0.691. The van der Waals surface area contributed by atoms with E-state index in [-0.39, 0.29) is 24.5 Å². The first-order chi connectivity index (χ1) is 11.0. The highest BCUT2D eigenvalue weighted by atomic mass is 35.5. The van der Waals surface area contributed by atoms with Crippen LogP contribution in [0.5, 0.6) is 0 Å². The number of benzene rings is 1. The number of rotatable bonds is 5. The molecule has 5 nitrogen and oxygen atoms in total. The third-order valence-corrected chi connectivity index (χ3v) is 4.48. The molecule has 0 atom stereocenters. The van der Waals surface area contributed by atoms with Crippen LogP contribution in [0.3, 0.4) is 0 Å². The summed E-state index contributed by atoms with van der Waals surface area (Å²) in [6.45, 7) is 1.76. The Labute approximate surface area is 141 Å². The maximum absolute atomic E-state index is 12.0. The van der Waals surface area contributed by atoms with Crippen molar-refractivity contribution in [2.45, 2.75) is 19.8 Å². The molecule has 0 unspecified atom stereocenters. The van der Waals surface area contributed by atoms with Crippen LogP contribution >= 0.6 is 22.9 Å². The molecule has 1 aromatic carbocycles. The number of anilines is 1. The van der Waals surface area contributed by atoms with E-state index in [1.807, 2.05) is 0 Å². The number of nitrogens with zero attached hydrogens (tertiary/aromatic N) is 1. The van der Waals surface area contributed by atoms with Crippen LogP contribution in [0.1, 0.15) is 28.4 Å². The summed E-state index contributed by atoms with van der Waals surface area (Å²) in [6.07, 6.45) is 0.262. The lowest BCUT2D eigenvalue weighted by Gasteiger charge is -2.04. The Morgan fingerprint density at radius 2 is 2.09 bits per heavy atom.